The molecule has 1 N–H and O–H groups in total. The molecule has 10 heteroatoms. The molecular formula is C23H28N4O5S. The highest BCUT2D eigenvalue weighted by Crippen LogP contribution is 2.39. The first-order chi connectivity index (χ1) is 16.0. The lowest BCUT2D eigenvalue weighted by Gasteiger charge is -2.27. The molecule has 0 aliphatic carbocycles. The molecule has 1 unspecified atom stereocenters. The number of nitrogens with zero attached hydrogens (tertiary/aromatic N) is 3. The Balaban J connectivity index is 1.58. The minimum atomic E-state index is -0.309. The highest BCUT2D eigenvalue weighted by molar-refractivity contribution is 7.12. The van der Waals surface area contributed by atoms with Crippen molar-refractivity contribution in [3.8, 4) is 11.5 Å². The second-order valence-electron chi connectivity index (χ2n) is 8.11. The quantitative estimate of drug-likeness (QED) is 0.637. The Hall–Kier alpha value is -3.11. The summed E-state index contributed by atoms with van der Waals surface area (Å²) < 4.78 is 16.1. The van der Waals surface area contributed by atoms with Crippen LogP contribution in [0.2, 0.25) is 0 Å². The van der Waals surface area contributed by atoms with Gasteiger partial charge in [0, 0.05) is 26.1 Å². The number of carbonyl (C=O) groups excluding carboxylic acids is 2. The molecule has 0 saturated heterocycles. The van der Waals surface area contributed by atoms with E-state index >= 15 is 0 Å². The second kappa shape index (κ2) is 10.2. The van der Waals surface area contributed by atoms with E-state index in [-0.39, 0.29) is 37.4 Å². The molecule has 1 aromatic carbocycles. The van der Waals surface area contributed by atoms with Crippen molar-refractivity contribution in [1.29, 1.82) is 0 Å². The summed E-state index contributed by atoms with van der Waals surface area (Å²) in [6, 6.07) is 8.98. The number of hydrogen-bond donors (Lipinski definition) is 1. The third kappa shape index (κ3) is 5.28. The lowest BCUT2D eigenvalue weighted by atomic mass is 10.0. The average molecular weight is 473 g/mol. The van der Waals surface area contributed by atoms with Gasteiger partial charge in [-0.05, 0) is 43.0 Å². The number of hydrogen-bond acceptors (Lipinski definition) is 7. The Morgan fingerprint density at radius 1 is 1.30 bits per heavy atom. The minimum Gasteiger partial charge on any atom is -0.454 e. The van der Waals surface area contributed by atoms with Gasteiger partial charge in [-0.15, -0.1) is 11.3 Å². The fraction of sp³-hybridized carbons (Fsp3) is 0.435. The smallest absolute Gasteiger partial charge is 0.318 e. The number of amides is 3. The van der Waals surface area contributed by atoms with E-state index in [2.05, 4.69) is 10.4 Å². The Labute approximate surface area is 196 Å². The first kappa shape index (κ1) is 23.1. The van der Waals surface area contributed by atoms with E-state index in [4.69, 9.17) is 14.2 Å². The molecule has 0 fully saturated rings. The van der Waals surface area contributed by atoms with Crippen molar-refractivity contribution in [3.63, 3.8) is 0 Å². The van der Waals surface area contributed by atoms with Crippen molar-refractivity contribution in [3.05, 3.63) is 46.2 Å². The monoisotopic (exact) mass is 472 g/mol. The Morgan fingerprint density at radius 2 is 2.12 bits per heavy atom. The van der Waals surface area contributed by atoms with E-state index in [0.29, 0.717) is 31.1 Å². The van der Waals surface area contributed by atoms with Crippen molar-refractivity contribution < 1.29 is 23.8 Å². The van der Waals surface area contributed by atoms with Crippen molar-refractivity contribution >= 4 is 29.0 Å². The van der Waals surface area contributed by atoms with Crippen LogP contribution in [-0.2, 0) is 9.53 Å². The van der Waals surface area contributed by atoms with Crippen LogP contribution in [-0.4, -0.2) is 67.2 Å². The fourth-order valence-electron chi connectivity index (χ4n) is 3.74. The van der Waals surface area contributed by atoms with E-state index in [1.165, 1.54) is 9.91 Å². The second-order valence-corrected chi connectivity index (χ2v) is 9.06. The van der Waals surface area contributed by atoms with Crippen LogP contribution in [0.15, 0.2) is 40.8 Å². The highest BCUT2D eigenvalue weighted by Gasteiger charge is 2.35. The maximum Gasteiger partial charge on any atom is 0.318 e. The maximum atomic E-state index is 13.4. The molecule has 2 aromatic rings. The fourth-order valence-corrected chi connectivity index (χ4v) is 4.46. The number of benzene rings is 1. The Morgan fingerprint density at radius 3 is 2.85 bits per heavy atom. The van der Waals surface area contributed by atoms with Gasteiger partial charge in [0.15, 0.2) is 11.5 Å². The maximum absolute atomic E-state index is 13.4. The summed E-state index contributed by atoms with van der Waals surface area (Å²) in [6.07, 6.45) is 0.572. The predicted molar refractivity (Wildman–Crippen MR) is 125 cm³/mol. The van der Waals surface area contributed by atoms with Crippen LogP contribution in [0.3, 0.4) is 0 Å². The highest BCUT2D eigenvalue weighted by atomic mass is 32.1. The summed E-state index contributed by atoms with van der Waals surface area (Å²) in [6.45, 7) is 4.45. The molecule has 1 atom stereocenters. The van der Waals surface area contributed by atoms with Crippen LogP contribution >= 0.6 is 11.3 Å². The van der Waals surface area contributed by atoms with Gasteiger partial charge in [-0.3, -0.25) is 4.79 Å². The van der Waals surface area contributed by atoms with E-state index in [1.54, 1.807) is 18.4 Å². The van der Waals surface area contributed by atoms with Crippen LogP contribution < -0.4 is 14.8 Å². The zero-order valence-corrected chi connectivity index (χ0v) is 19.8. The van der Waals surface area contributed by atoms with Crippen LogP contribution in [0.5, 0.6) is 11.5 Å². The molecule has 2 aliphatic heterocycles. The number of methoxy groups -OCH3 is 1. The van der Waals surface area contributed by atoms with E-state index < -0.39 is 0 Å². The average Bonchev–Trinajstić information content (AvgIpc) is 3.55. The third-order valence-corrected chi connectivity index (χ3v) is 6.26. The molecule has 1 aromatic heterocycles. The molecule has 33 heavy (non-hydrogen) atoms. The van der Waals surface area contributed by atoms with Crippen LogP contribution in [0, 0.1) is 0 Å². The SMILES string of the molecule is COCCN(CC(=O)N1N=C(c2cccs2)CC1c1ccc2c(c1)OCO2)C(=O)NC(C)C. The zero-order valence-electron chi connectivity index (χ0n) is 18.9. The third-order valence-electron chi connectivity index (χ3n) is 5.34. The van der Waals surface area contributed by atoms with Crippen molar-refractivity contribution in [2.75, 3.05) is 33.6 Å². The summed E-state index contributed by atoms with van der Waals surface area (Å²) in [5.74, 6) is 1.08. The topological polar surface area (TPSA) is 92.7 Å². The number of fused-ring (bicyclic) bond motifs is 1. The van der Waals surface area contributed by atoms with Crippen molar-refractivity contribution in [2.45, 2.75) is 32.4 Å². The van der Waals surface area contributed by atoms with Gasteiger partial charge in [-0.25, -0.2) is 9.80 Å². The first-order valence-electron chi connectivity index (χ1n) is 10.8. The lowest BCUT2D eigenvalue weighted by molar-refractivity contribution is -0.133. The Kier molecular flexibility index (Phi) is 7.14. The molecule has 0 spiro atoms. The number of thiophene rings is 1. The molecule has 0 radical (unpaired) electrons. The summed E-state index contributed by atoms with van der Waals surface area (Å²) in [7, 11) is 1.56. The first-order valence-corrected chi connectivity index (χ1v) is 11.7. The van der Waals surface area contributed by atoms with Crippen LogP contribution in [0.25, 0.3) is 0 Å². The standard InChI is InChI=1S/C23H28N4O5S/c1-15(2)24-23(29)26(8-9-30-3)13-22(28)27-18(12-17(25-27)21-5-4-10-33-21)16-6-7-19-20(11-16)32-14-31-19/h4-7,10-11,15,18H,8-9,12-14H2,1-3H3,(H,24,29). The van der Waals surface area contributed by atoms with Crippen molar-refractivity contribution in [2.24, 2.45) is 5.10 Å². The van der Waals surface area contributed by atoms with Gasteiger partial charge >= 0.3 is 6.03 Å². The van der Waals surface area contributed by atoms with Gasteiger partial charge in [-0.1, -0.05) is 12.1 Å². The van der Waals surface area contributed by atoms with Gasteiger partial charge < -0.3 is 24.4 Å². The summed E-state index contributed by atoms with van der Waals surface area (Å²) in [5, 5.41) is 11.0. The van der Waals surface area contributed by atoms with E-state index in [1.807, 2.05) is 49.6 Å². The lowest BCUT2D eigenvalue weighted by Crippen LogP contribution is -2.48. The molecule has 2 aliphatic rings. The zero-order chi connectivity index (χ0) is 23.4. The molecule has 3 amide bonds. The van der Waals surface area contributed by atoms with E-state index in [9.17, 15) is 9.59 Å². The van der Waals surface area contributed by atoms with Gasteiger partial charge in [-0.2, -0.15) is 5.10 Å². The number of rotatable bonds is 8. The summed E-state index contributed by atoms with van der Waals surface area (Å²) in [5.41, 5.74) is 1.74. The van der Waals surface area contributed by atoms with Crippen molar-refractivity contribution in [1.82, 2.24) is 15.2 Å². The number of ether oxygens (including phenoxy) is 3. The number of hydrazone groups is 1. The minimum absolute atomic E-state index is 0.0470. The summed E-state index contributed by atoms with van der Waals surface area (Å²) >= 11 is 1.58. The predicted octanol–water partition coefficient (Wildman–Crippen LogP) is 3.22. The van der Waals surface area contributed by atoms with Gasteiger partial charge in [0.1, 0.15) is 6.54 Å². The van der Waals surface area contributed by atoms with Crippen LogP contribution in [0.1, 0.15) is 36.8 Å². The molecule has 176 valence electrons. The molecule has 0 bridgehead atoms. The Bertz CT molecular complexity index is 1020. The molecule has 3 heterocycles. The number of carbonyl (C=O) groups is 2. The number of urea groups is 1. The van der Waals surface area contributed by atoms with Gasteiger partial charge in [0.2, 0.25) is 6.79 Å². The molecular weight excluding hydrogens is 444 g/mol. The summed E-state index contributed by atoms with van der Waals surface area (Å²) in [4.78, 5) is 28.6. The molecule has 0 saturated carbocycles. The largest absolute Gasteiger partial charge is 0.454 e. The molecule has 9 nitrogen and oxygen atoms in total. The van der Waals surface area contributed by atoms with Gasteiger partial charge in [0.05, 0.1) is 23.2 Å². The number of nitrogens with one attached hydrogen (secondary N) is 1. The van der Waals surface area contributed by atoms with E-state index in [0.717, 1.165) is 16.2 Å². The molecule has 4 rings (SSSR count). The normalized spacial score (nSPS) is 16.8. The van der Waals surface area contributed by atoms with Crippen LogP contribution in [0.4, 0.5) is 4.79 Å². The van der Waals surface area contributed by atoms with Gasteiger partial charge in [0.25, 0.3) is 5.91 Å².